The number of amides is 2. The predicted octanol–water partition coefficient (Wildman–Crippen LogP) is 2.06. The first-order chi connectivity index (χ1) is 9.77. The average molecular weight is 286 g/mol. The van der Waals surface area contributed by atoms with E-state index in [-0.39, 0.29) is 11.8 Å². The number of carbonyl (C=O) groups is 2. The van der Waals surface area contributed by atoms with Gasteiger partial charge >= 0.3 is 0 Å². The van der Waals surface area contributed by atoms with Crippen molar-refractivity contribution in [2.75, 3.05) is 13.1 Å². The molecule has 1 aliphatic rings. The minimum Gasteiger partial charge on any atom is -0.352 e. The van der Waals surface area contributed by atoms with E-state index in [1.165, 1.54) is 11.3 Å². The van der Waals surface area contributed by atoms with Crippen molar-refractivity contribution in [1.82, 2.24) is 10.2 Å². The molecular weight excluding hydrogens is 272 g/mol. The molecule has 0 aliphatic carbocycles. The molecule has 0 radical (unpaired) electrons. The molecule has 2 aromatic rings. The monoisotopic (exact) mass is 286 g/mol. The van der Waals surface area contributed by atoms with Gasteiger partial charge in [-0.15, -0.1) is 11.3 Å². The number of benzene rings is 1. The summed E-state index contributed by atoms with van der Waals surface area (Å²) in [6.45, 7) is 1.03. The van der Waals surface area contributed by atoms with Crippen LogP contribution in [-0.2, 0) is 4.79 Å². The summed E-state index contributed by atoms with van der Waals surface area (Å²) in [5.41, 5.74) is 0.842. The average Bonchev–Trinajstić information content (AvgIpc) is 3.01. The van der Waals surface area contributed by atoms with Crippen LogP contribution < -0.4 is 5.32 Å². The van der Waals surface area contributed by atoms with E-state index in [4.69, 9.17) is 0 Å². The summed E-state index contributed by atoms with van der Waals surface area (Å²) in [6.07, 6.45) is 0. The van der Waals surface area contributed by atoms with E-state index in [9.17, 15) is 9.59 Å². The predicted molar refractivity (Wildman–Crippen MR) is 77.5 cm³/mol. The molecule has 4 nitrogen and oxygen atoms in total. The Hall–Kier alpha value is -2.14. The minimum atomic E-state index is -0.542. The number of hydrogen-bond acceptors (Lipinski definition) is 3. The molecule has 1 atom stereocenters. The number of nitrogens with one attached hydrogen (secondary N) is 1. The summed E-state index contributed by atoms with van der Waals surface area (Å²) in [4.78, 5) is 27.0. The first-order valence-corrected chi connectivity index (χ1v) is 7.32. The van der Waals surface area contributed by atoms with Crippen LogP contribution in [0.15, 0.2) is 47.8 Å². The molecule has 1 aromatic heterocycles. The van der Waals surface area contributed by atoms with E-state index < -0.39 is 6.04 Å². The van der Waals surface area contributed by atoms with Gasteiger partial charge < -0.3 is 10.2 Å². The lowest BCUT2D eigenvalue weighted by atomic mass is 10.0. The lowest BCUT2D eigenvalue weighted by Gasteiger charge is -2.35. The Morgan fingerprint density at radius 1 is 1.20 bits per heavy atom. The van der Waals surface area contributed by atoms with E-state index in [1.807, 2.05) is 41.8 Å². The number of rotatable bonds is 2. The van der Waals surface area contributed by atoms with Gasteiger partial charge in [0.2, 0.25) is 5.91 Å². The molecule has 2 heterocycles. The van der Waals surface area contributed by atoms with Gasteiger partial charge in [-0.1, -0.05) is 36.4 Å². The van der Waals surface area contributed by atoms with Crippen molar-refractivity contribution in [3.63, 3.8) is 0 Å². The summed E-state index contributed by atoms with van der Waals surface area (Å²) < 4.78 is 0. The highest BCUT2D eigenvalue weighted by molar-refractivity contribution is 7.12. The summed E-state index contributed by atoms with van der Waals surface area (Å²) in [7, 11) is 0. The van der Waals surface area contributed by atoms with Crippen molar-refractivity contribution in [3.8, 4) is 0 Å². The lowest BCUT2D eigenvalue weighted by molar-refractivity contribution is -0.128. The largest absolute Gasteiger partial charge is 0.352 e. The molecule has 1 saturated heterocycles. The number of carbonyl (C=O) groups excluding carboxylic acids is 2. The molecule has 1 N–H and O–H groups in total. The van der Waals surface area contributed by atoms with Crippen LogP contribution in [0.4, 0.5) is 0 Å². The lowest BCUT2D eigenvalue weighted by Crippen LogP contribution is -2.52. The molecule has 1 unspecified atom stereocenters. The van der Waals surface area contributed by atoms with Crippen molar-refractivity contribution in [3.05, 3.63) is 58.3 Å². The zero-order valence-corrected chi connectivity index (χ0v) is 11.6. The molecule has 102 valence electrons. The Balaban J connectivity index is 1.95. The third-order valence-electron chi connectivity index (χ3n) is 3.32. The Morgan fingerprint density at radius 3 is 2.70 bits per heavy atom. The highest BCUT2D eigenvalue weighted by Crippen LogP contribution is 2.26. The first kappa shape index (κ1) is 12.9. The molecule has 1 aromatic carbocycles. The Kier molecular flexibility index (Phi) is 3.52. The van der Waals surface area contributed by atoms with Gasteiger partial charge in [-0.2, -0.15) is 0 Å². The summed E-state index contributed by atoms with van der Waals surface area (Å²) in [5, 5.41) is 4.70. The standard InChI is InChI=1S/C15H14N2O2S/c18-14-13(11-5-2-1-3-6-11)17(9-8-16-14)15(19)12-7-4-10-20-12/h1-7,10,13H,8-9H2,(H,16,18). The molecule has 0 bridgehead atoms. The Labute approximate surface area is 121 Å². The van der Waals surface area contributed by atoms with Crippen LogP contribution in [0.3, 0.4) is 0 Å². The van der Waals surface area contributed by atoms with Gasteiger partial charge in [-0.3, -0.25) is 9.59 Å². The van der Waals surface area contributed by atoms with Gasteiger partial charge in [0.25, 0.3) is 5.91 Å². The van der Waals surface area contributed by atoms with E-state index in [1.54, 1.807) is 11.0 Å². The molecular formula is C15H14N2O2S. The summed E-state index contributed by atoms with van der Waals surface area (Å²) >= 11 is 1.40. The number of piperazine rings is 1. The normalized spacial score (nSPS) is 18.7. The van der Waals surface area contributed by atoms with E-state index in [0.29, 0.717) is 18.0 Å². The summed E-state index contributed by atoms with van der Waals surface area (Å²) in [6, 6.07) is 12.5. The molecule has 3 rings (SSSR count). The highest BCUT2D eigenvalue weighted by Gasteiger charge is 2.34. The molecule has 1 aliphatic heterocycles. The van der Waals surface area contributed by atoms with Crippen LogP contribution in [0.1, 0.15) is 21.3 Å². The SMILES string of the molecule is O=C1NCCN(C(=O)c2cccs2)C1c1ccccc1. The number of nitrogens with zero attached hydrogens (tertiary/aromatic N) is 1. The molecule has 0 spiro atoms. The van der Waals surface area contributed by atoms with Gasteiger partial charge in [0.05, 0.1) is 4.88 Å². The van der Waals surface area contributed by atoms with Crippen LogP contribution >= 0.6 is 11.3 Å². The third-order valence-corrected chi connectivity index (χ3v) is 4.18. The quantitative estimate of drug-likeness (QED) is 0.918. The second-order valence-corrected chi connectivity index (χ2v) is 5.53. The van der Waals surface area contributed by atoms with Crippen LogP contribution in [0.2, 0.25) is 0 Å². The maximum absolute atomic E-state index is 12.5. The first-order valence-electron chi connectivity index (χ1n) is 6.44. The molecule has 20 heavy (non-hydrogen) atoms. The van der Waals surface area contributed by atoms with Crippen molar-refractivity contribution >= 4 is 23.2 Å². The van der Waals surface area contributed by atoms with E-state index in [0.717, 1.165) is 5.56 Å². The fourth-order valence-corrected chi connectivity index (χ4v) is 3.07. The van der Waals surface area contributed by atoms with Gasteiger partial charge in [-0.25, -0.2) is 0 Å². The number of hydrogen-bond donors (Lipinski definition) is 1. The minimum absolute atomic E-state index is 0.0799. The fourth-order valence-electron chi connectivity index (χ4n) is 2.39. The van der Waals surface area contributed by atoms with E-state index >= 15 is 0 Å². The van der Waals surface area contributed by atoms with Crippen LogP contribution in [0, 0.1) is 0 Å². The maximum atomic E-state index is 12.5. The molecule has 2 amide bonds. The van der Waals surface area contributed by atoms with Crippen molar-refractivity contribution < 1.29 is 9.59 Å². The Morgan fingerprint density at radius 2 is 2.00 bits per heavy atom. The second kappa shape index (κ2) is 5.46. The molecule has 1 fully saturated rings. The Bertz CT molecular complexity index is 610. The fraction of sp³-hybridized carbons (Fsp3) is 0.200. The second-order valence-electron chi connectivity index (χ2n) is 4.58. The number of thiophene rings is 1. The van der Waals surface area contributed by atoms with Crippen molar-refractivity contribution in [1.29, 1.82) is 0 Å². The molecule has 5 heteroatoms. The third kappa shape index (κ3) is 2.32. The van der Waals surface area contributed by atoms with Crippen molar-refractivity contribution in [2.24, 2.45) is 0 Å². The van der Waals surface area contributed by atoms with Crippen LogP contribution in [0.5, 0.6) is 0 Å². The van der Waals surface area contributed by atoms with Gasteiger partial charge in [0.1, 0.15) is 6.04 Å². The smallest absolute Gasteiger partial charge is 0.264 e. The van der Waals surface area contributed by atoms with Crippen molar-refractivity contribution in [2.45, 2.75) is 6.04 Å². The highest BCUT2D eigenvalue weighted by atomic mass is 32.1. The van der Waals surface area contributed by atoms with Gasteiger partial charge in [-0.05, 0) is 17.0 Å². The van der Waals surface area contributed by atoms with Crippen LogP contribution in [0.25, 0.3) is 0 Å². The van der Waals surface area contributed by atoms with Gasteiger partial charge in [0.15, 0.2) is 0 Å². The topological polar surface area (TPSA) is 49.4 Å². The summed E-state index contributed by atoms with van der Waals surface area (Å²) in [5.74, 6) is -0.198. The van der Waals surface area contributed by atoms with Crippen LogP contribution in [-0.4, -0.2) is 29.8 Å². The van der Waals surface area contributed by atoms with E-state index in [2.05, 4.69) is 5.32 Å². The van der Waals surface area contributed by atoms with Gasteiger partial charge in [0, 0.05) is 13.1 Å². The maximum Gasteiger partial charge on any atom is 0.264 e. The zero-order valence-electron chi connectivity index (χ0n) is 10.8. The molecule has 0 saturated carbocycles. The zero-order chi connectivity index (χ0) is 13.9.